The van der Waals surface area contributed by atoms with Gasteiger partial charge >= 0.3 is 5.97 Å². The van der Waals surface area contributed by atoms with Crippen molar-refractivity contribution < 1.29 is 9.53 Å². The summed E-state index contributed by atoms with van der Waals surface area (Å²) in [6.07, 6.45) is 0.904. The standard InChI is InChI=1S/C9H18N4O2/c1-5-6-9(10,12-13-11)7(14)15-8(2,3)4/h5-6,10H2,1-4H3. The van der Waals surface area contributed by atoms with Crippen LogP contribution in [0.5, 0.6) is 0 Å². The molecule has 0 saturated carbocycles. The van der Waals surface area contributed by atoms with E-state index in [2.05, 4.69) is 10.0 Å². The van der Waals surface area contributed by atoms with Crippen molar-refractivity contribution in [3.8, 4) is 0 Å². The summed E-state index contributed by atoms with van der Waals surface area (Å²) in [5.74, 6) is -0.686. The summed E-state index contributed by atoms with van der Waals surface area (Å²) in [7, 11) is 0. The summed E-state index contributed by atoms with van der Waals surface area (Å²) in [4.78, 5) is 14.2. The van der Waals surface area contributed by atoms with Gasteiger partial charge in [-0.25, -0.2) is 4.79 Å². The molecule has 0 radical (unpaired) electrons. The smallest absolute Gasteiger partial charge is 0.332 e. The molecule has 6 nitrogen and oxygen atoms in total. The molecule has 6 heteroatoms. The fourth-order valence-electron chi connectivity index (χ4n) is 1.02. The number of nitrogens with two attached hydrogens (primary N) is 1. The lowest BCUT2D eigenvalue weighted by Crippen LogP contribution is -2.49. The Morgan fingerprint density at radius 3 is 2.40 bits per heavy atom. The molecule has 0 aliphatic carbocycles. The van der Waals surface area contributed by atoms with Gasteiger partial charge in [-0.2, -0.15) is 0 Å². The number of rotatable bonds is 4. The van der Waals surface area contributed by atoms with Crippen molar-refractivity contribution in [1.82, 2.24) is 0 Å². The van der Waals surface area contributed by atoms with Crippen molar-refractivity contribution in [1.29, 1.82) is 0 Å². The quantitative estimate of drug-likeness (QED) is 0.335. The van der Waals surface area contributed by atoms with Gasteiger partial charge < -0.3 is 10.5 Å². The lowest BCUT2D eigenvalue weighted by Gasteiger charge is -2.27. The molecule has 0 saturated heterocycles. The first kappa shape index (κ1) is 13.7. The highest BCUT2D eigenvalue weighted by atomic mass is 16.6. The van der Waals surface area contributed by atoms with Gasteiger partial charge in [-0.05, 0) is 32.7 Å². The van der Waals surface area contributed by atoms with E-state index in [4.69, 9.17) is 16.0 Å². The van der Waals surface area contributed by atoms with Crippen molar-refractivity contribution >= 4 is 5.97 Å². The maximum Gasteiger partial charge on any atom is 0.332 e. The molecule has 0 aromatic heterocycles. The Hall–Kier alpha value is -1.26. The van der Waals surface area contributed by atoms with Crippen LogP contribution in [0.25, 0.3) is 10.4 Å². The van der Waals surface area contributed by atoms with E-state index < -0.39 is 17.2 Å². The zero-order chi connectivity index (χ0) is 12.1. The van der Waals surface area contributed by atoms with Crippen LogP contribution in [-0.4, -0.2) is 17.2 Å². The molecule has 0 bridgehead atoms. The monoisotopic (exact) mass is 214 g/mol. The fourth-order valence-corrected chi connectivity index (χ4v) is 1.02. The highest BCUT2D eigenvalue weighted by Gasteiger charge is 2.36. The number of azide groups is 1. The van der Waals surface area contributed by atoms with Gasteiger partial charge in [0.2, 0.25) is 0 Å². The lowest BCUT2D eigenvalue weighted by molar-refractivity contribution is -0.161. The van der Waals surface area contributed by atoms with Crippen molar-refractivity contribution in [2.45, 2.75) is 51.8 Å². The molecule has 0 aliphatic heterocycles. The maximum atomic E-state index is 11.6. The summed E-state index contributed by atoms with van der Waals surface area (Å²) >= 11 is 0. The molecule has 86 valence electrons. The van der Waals surface area contributed by atoms with Gasteiger partial charge in [0.25, 0.3) is 0 Å². The zero-order valence-corrected chi connectivity index (χ0v) is 9.65. The number of nitrogens with zero attached hydrogens (tertiary/aromatic N) is 3. The first-order valence-corrected chi connectivity index (χ1v) is 4.84. The zero-order valence-electron chi connectivity index (χ0n) is 9.65. The first-order valence-electron chi connectivity index (χ1n) is 4.84. The van der Waals surface area contributed by atoms with E-state index in [1.54, 1.807) is 20.8 Å². The molecule has 0 spiro atoms. The predicted octanol–water partition coefficient (Wildman–Crippen LogP) is 2.09. The number of esters is 1. The van der Waals surface area contributed by atoms with Crippen molar-refractivity contribution in [3.05, 3.63) is 10.4 Å². The molecule has 0 fully saturated rings. The number of hydrogen-bond acceptors (Lipinski definition) is 4. The first-order chi connectivity index (χ1) is 6.75. The minimum atomic E-state index is -1.59. The van der Waals surface area contributed by atoms with E-state index in [1.165, 1.54) is 0 Å². The molecule has 1 unspecified atom stereocenters. The van der Waals surface area contributed by atoms with Gasteiger partial charge in [-0.1, -0.05) is 18.5 Å². The second-order valence-electron chi connectivity index (χ2n) is 4.37. The van der Waals surface area contributed by atoms with Crippen LogP contribution < -0.4 is 5.73 Å². The summed E-state index contributed by atoms with van der Waals surface area (Å²) in [6, 6.07) is 0. The molecule has 1 atom stereocenters. The average molecular weight is 214 g/mol. The van der Waals surface area contributed by atoms with Gasteiger partial charge in [-0.3, -0.25) is 0 Å². The van der Waals surface area contributed by atoms with E-state index >= 15 is 0 Å². The summed E-state index contributed by atoms with van der Waals surface area (Å²) < 4.78 is 5.08. The number of hydrogen-bond donors (Lipinski definition) is 1. The fraction of sp³-hybridized carbons (Fsp3) is 0.889. The van der Waals surface area contributed by atoms with E-state index in [9.17, 15) is 4.79 Å². The molecule has 15 heavy (non-hydrogen) atoms. The van der Waals surface area contributed by atoms with Crippen molar-refractivity contribution in [2.24, 2.45) is 10.8 Å². The van der Waals surface area contributed by atoms with Gasteiger partial charge in [0.05, 0.1) is 0 Å². The Labute approximate surface area is 89.4 Å². The number of carbonyl (C=O) groups is 1. The van der Waals surface area contributed by atoms with Crippen molar-refractivity contribution in [2.75, 3.05) is 0 Å². The topological polar surface area (TPSA) is 101 Å². The molecular weight excluding hydrogens is 196 g/mol. The Morgan fingerprint density at radius 1 is 1.53 bits per heavy atom. The van der Waals surface area contributed by atoms with Crippen LogP contribution in [0.1, 0.15) is 40.5 Å². The normalized spacial score (nSPS) is 15.0. The third kappa shape index (κ3) is 4.67. The highest BCUT2D eigenvalue weighted by molar-refractivity contribution is 5.80. The van der Waals surface area contributed by atoms with Gasteiger partial charge in [0.15, 0.2) is 5.66 Å². The van der Waals surface area contributed by atoms with Crippen LogP contribution in [0.15, 0.2) is 5.11 Å². The Bertz CT molecular complexity index is 278. The van der Waals surface area contributed by atoms with E-state index in [1.807, 2.05) is 6.92 Å². The van der Waals surface area contributed by atoms with Crippen LogP contribution in [0.3, 0.4) is 0 Å². The Balaban J connectivity index is 4.78. The molecule has 0 aromatic carbocycles. The van der Waals surface area contributed by atoms with Crippen LogP contribution in [-0.2, 0) is 9.53 Å². The molecule has 0 aliphatic rings. The molecule has 0 amide bonds. The van der Waals surface area contributed by atoms with Crippen LogP contribution >= 0.6 is 0 Å². The Morgan fingerprint density at radius 2 is 2.07 bits per heavy atom. The third-order valence-corrected chi connectivity index (χ3v) is 1.61. The number of carbonyl (C=O) groups excluding carboxylic acids is 1. The van der Waals surface area contributed by atoms with E-state index in [0.717, 1.165) is 0 Å². The molecule has 0 aromatic rings. The van der Waals surface area contributed by atoms with Gasteiger partial charge in [0, 0.05) is 4.91 Å². The van der Waals surface area contributed by atoms with Crippen molar-refractivity contribution in [3.63, 3.8) is 0 Å². The minimum absolute atomic E-state index is 0.270. The highest BCUT2D eigenvalue weighted by Crippen LogP contribution is 2.18. The number of ether oxygens (including phenoxy) is 1. The summed E-state index contributed by atoms with van der Waals surface area (Å²) in [5.41, 5.74) is 11.8. The predicted molar refractivity (Wildman–Crippen MR) is 56.8 cm³/mol. The largest absolute Gasteiger partial charge is 0.458 e. The molecular formula is C9H18N4O2. The lowest BCUT2D eigenvalue weighted by atomic mass is 10.1. The summed E-state index contributed by atoms with van der Waals surface area (Å²) in [5, 5.41) is 3.31. The average Bonchev–Trinajstić information content (AvgIpc) is 2.01. The van der Waals surface area contributed by atoms with Crippen LogP contribution in [0.2, 0.25) is 0 Å². The summed E-state index contributed by atoms with van der Waals surface area (Å²) in [6.45, 7) is 7.03. The SMILES string of the molecule is CCCC(N)(N=[N+]=[N-])C(=O)OC(C)(C)C. The molecule has 2 N–H and O–H groups in total. The van der Waals surface area contributed by atoms with Crippen LogP contribution in [0.4, 0.5) is 0 Å². The van der Waals surface area contributed by atoms with Crippen LogP contribution in [0, 0.1) is 0 Å². The second kappa shape index (κ2) is 5.00. The van der Waals surface area contributed by atoms with Gasteiger partial charge in [-0.15, -0.1) is 0 Å². The van der Waals surface area contributed by atoms with E-state index in [0.29, 0.717) is 6.42 Å². The molecule has 0 heterocycles. The second-order valence-corrected chi connectivity index (χ2v) is 4.37. The van der Waals surface area contributed by atoms with Gasteiger partial charge in [0.1, 0.15) is 5.60 Å². The third-order valence-electron chi connectivity index (χ3n) is 1.61. The Kier molecular flexibility index (Phi) is 4.58. The van der Waals surface area contributed by atoms with E-state index in [-0.39, 0.29) is 6.42 Å². The minimum Gasteiger partial charge on any atom is -0.458 e. The molecule has 0 rings (SSSR count). The maximum absolute atomic E-state index is 11.6.